The highest BCUT2D eigenvalue weighted by molar-refractivity contribution is 5.96. The van der Waals surface area contributed by atoms with Gasteiger partial charge in [-0.1, -0.05) is 32.9 Å². The zero-order chi connectivity index (χ0) is 12.1. The number of aliphatic imine (C=N–C) groups is 1. The quantitative estimate of drug-likeness (QED) is 0.694. The number of fused-ring (bicyclic) bond motifs is 1. The van der Waals surface area contributed by atoms with Crippen LogP contribution >= 0.6 is 0 Å². The first-order valence-electron chi connectivity index (χ1n) is 6.11. The van der Waals surface area contributed by atoms with Gasteiger partial charge in [0.2, 0.25) is 0 Å². The molecule has 0 saturated carbocycles. The summed E-state index contributed by atoms with van der Waals surface area (Å²) in [6.45, 7) is 8.31. The second kappa shape index (κ2) is 5.69. The van der Waals surface area contributed by atoms with Crippen molar-refractivity contribution in [2.75, 3.05) is 11.9 Å². The van der Waals surface area contributed by atoms with Crippen LogP contribution in [0.3, 0.4) is 0 Å². The summed E-state index contributed by atoms with van der Waals surface area (Å²) in [5.74, 6) is 0. The molecule has 1 unspecified atom stereocenters. The highest BCUT2D eigenvalue weighted by Crippen LogP contribution is 2.33. The van der Waals surface area contributed by atoms with Gasteiger partial charge in [-0.15, -0.1) is 0 Å². The molecule has 0 fully saturated rings. The molecule has 1 aromatic rings. The molecule has 1 aliphatic rings. The summed E-state index contributed by atoms with van der Waals surface area (Å²) in [4.78, 5) is 6.94. The molecule has 2 nitrogen and oxygen atoms in total. The fraction of sp³-hybridized carbons (Fsp3) is 0.500. The van der Waals surface area contributed by atoms with E-state index in [0.717, 1.165) is 12.1 Å². The second-order valence-corrected chi connectivity index (χ2v) is 3.78. The van der Waals surface area contributed by atoms with E-state index in [1.807, 2.05) is 19.9 Å². The van der Waals surface area contributed by atoms with Crippen molar-refractivity contribution in [3.63, 3.8) is 0 Å². The Morgan fingerprint density at radius 3 is 2.50 bits per heavy atom. The number of hydrogen-bond donors (Lipinski definition) is 0. The molecule has 0 radical (unpaired) electrons. The zero-order valence-electron chi connectivity index (χ0n) is 11.0. The van der Waals surface area contributed by atoms with Crippen LogP contribution in [0.25, 0.3) is 0 Å². The predicted molar refractivity (Wildman–Crippen MR) is 73.0 cm³/mol. The number of anilines is 1. The van der Waals surface area contributed by atoms with Crippen molar-refractivity contribution in [3.05, 3.63) is 24.3 Å². The molecule has 0 aromatic heterocycles. The van der Waals surface area contributed by atoms with Crippen LogP contribution in [0.4, 0.5) is 11.4 Å². The molecule has 0 aliphatic carbocycles. The molecule has 0 amide bonds. The Bertz CT molecular complexity index is 369. The van der Waals surface area contributed by atoms with Crippen molar-refractivity contribution in [1.29, 1.82) is 0 Å². The SMILES string of the molecule is CC.CCC1C(C)=Nc2ccccc2N1C. The maximum Gasteiger partial charge on any atom is 0.0863 e. The molecule has 0 N–H and O–H groups in total. The summed E-state index contributed by atoms with van der Waals surface area (Å²) >= 11 is 0. The number of benzene rings is 1. The molecule has 1 atom stereocenters. The highest BCUT2D eigenvalue weighted by atomic mass is 15.2. The van der Waals surface area contributed by atoms with Gasteiger partial charge < -0.3 is 4.90 Å². The van der Waals surface area contributed by atoms with Crippen LogP contribution in [0, 0.1) is 0 Å². The van der Waals surface area contributed by atoms with Gasteiger partial charge in [0.25, 0.3) is 0 Å². The van der Waals surface area contributed by atoms with E-state index in [1.165, 1.54) is 11.4 Å². The lowest BCUT2D eigenvalue weighted by Crippen LogP contribution is -2.38. The monoisotopic (exact) mass is 218 g/mol. The average Bonchev–Trinajstić information content (AvgIpc) is 2.32. The molecular formula is C14H22N2. The van der Waals surface area contributed by atoms with E-state index in [-0.39, 0.29) is 0 Å². The highest BCUT2D eigenvalue weighted by Gasteiger charge is 2.22. The molecule has 2 rings (SSSR count). The van der Waals surface area contributed by atoms with Crippen molar-refractivity contribution in [1.82, 2.24) is 0 Å². The lowest BCUT2D eigenvalue weighted by atomic mass is 10.0. The average molecular weight is 218 g/mol. The van der Waals surface area contributed by atoms with Crippen LogP contribution < -0.4 is 4.90 Å². The maximum atomic E-state index is 4.62. The minimum absolute atomic E-state index is 0.463. The van der Waals surface area contributed by atoms with Crippen molar-refractivity contribution >= 4 is 17.1 Å². The third-order valence-electron chi connectivity index (χ3n) is 2.89. The van der Waals surface area contributed by atoms with Gasteiger partial charge in [-0.2, -0.15) is 0 Å². The first-order valence-corrected chi connectivity index (χ1v) is 6.11. The minimum Gasteiger partial charge on any atom is -0.365 e. The zero-order valence-corrected chi connectivity index (χ0v) is 11.0. The van der Waals surface area contributed by atoms with E-state index >= 15 is 0 Å². The van der Waals surface area contributed by atoms with Crippen LogP contribution in [0.15, 0.2) is 29.3 Å². The van der Waals surface area contributed by atoms with Crippen LogP contribution in [0.1, 0.15) is 34.1 Å². The molecular weight excluding hydrogens is 196 g/mol. The summed E-state index contributed by atoms with van der Waals surface area (Å²) in [7, 11) is 2.14. The fourth-order valence-electron chi connectivity index (χ4n) is 2.14. The summed E-state index contributed by atoms with van der Waals surface area (Å²) in [6.07, 6.45) is 1.11. The molecule has 1 aliphatic heterocycles. The third kappa shape index (κ3) is 2.26. The van der Waals surface area contributed by atoms with Crippen molar-refractivity contribution in [3.8, 4) is 0 Å². The molecule has 0 saturated heterocycles. The molecule has 0 spiro atoms. The topological polar surface area (TPSA) is 15.6 Å². The van der Waals surface area contributed by atoms with Crippen LogP contribution in [-0.4, -0.2) is 18.8 Å². The van der Waals surface area contributed by atoms with E-state index < -0.39 is 0 Å². The first kappa shape index (κ1) is 12.8. The Balaban J connectivity index is 0.000000606. The van der Waals surface area contributed by atoms with Gasteiger partial charge in [0.05, 0.1) is 17.4 Å². The Labute approximate surface area is 99.0 Å². The van der Waals surface area contributed by atoms with Crippen molar-refractivity contribution < 1.29 is 0 Å². The third-order valence-corrected chi connectivity index (χ3v) is 2.89. The Morgan fingerprint density at radius 1 is 1.25 bits per heavy atom. The fourth-order valence-corrected chi connectivity index (χ4v) is 2.14. The van der Waals surface area contributed by atoms with Gasteiger partial charge >= 0.3 is 0 Å². The van der Waals surface area contributed by atoms with E-state index in [2.05, 4.69) is 49.0 Å². The molecule has 2 heteroatoms. The van der Waals surface area contributed by atoms with Crippen LogP contribution in [-0.2, 0) is 0 Å². The number of nitrogens with zero attached hydrogens (tertiary/aromatic N) is 2. The van der Waals surface area contributed by atoms with Gasteiger partial charge in [-0.3, -0.25) is 4.99 Å². The summed E-state index contributed by atoms with van der Waals surface area (Å²) in [5, 5.41) is 0. The molecule has 1 aromatic carbocycles. The maximum absolute atomic E-state index is 4.62. The molecule has 16 heavy (non-hydrogen) atoms. The van der Waals surface area contributed by atoms with Crippen LogP contribution in [0.2, 0.25) is 0 Å². The normalized spacial score (nSPS) is 18.2. The van der Waals surface area contributed by atoms with Gasteiger partial charge in [0, 0.05) is 12.8 Å². The van der Waals surface area contributed by atoms with Crippen LogP contribution in [0.5, 0.6) is 0 Å². The Hall–Kier alpha value is -1.31. The number of para-hydroxylation sites is 2. The standard InChI is InChI=1S/C12H16N2.C2H6/c1-4-11-9(2)13-10-7-5-6-8-12(10)14(11)3;1-2/h5-8,11H,4H2,1-3H3;1-2H3. The first-order chi connectivity index (χ1) is 7.74. The van der Waals surface area contributed by atoms with E-state index in [1.54, 1.807) is 0 Å². The number of hydrogen-bond acceptors (Lipinski definition) is 2. The lowest BCUT2D eigenvalue weighted by Gasteiger charge is -2.33. The van der Waals surface area contributed by atoms with Gasteiger partial charge in [0.1, 0.15) is 0 Å². The minimum atomic E-state index is 0.463. The van der Waals surface area contributed by atoms with Crippen molar-refractivity contribution in [2.24, 2.45) is 4.99 Å². The molecule has 88 valence electrons. The largest absolute Gasteiger partial charge is 0.365 e. The van der Waals surface area contributed by atoms with Gasteiger partial charge in [0.15, 0.2) is 0 Å². The lowest BCUT2D eigenvalue weighted by molar-refractivity contribution is 0.744. The predicted octanol–water partition coefficient (Wildman–Crippen LogP) is 4.03. The Kier molecular flexibility index (Phi) is 4.53. The van der Waals surface area contributed by atoms with E-state index in [4.69, 9.17) is 0 Å². The Morgan fingerprint density at radius 2 is 1.88 bits per heavy atom. The number of rotatable bonds is 1. The van der Waals surface area contributed by atoms with E-state index in [0.29, 0.717) is 6.04 Å². The van der Waals surface area contributed by atoms with Crippen molar-refractivity contribution in [2.45, 2.75) is 40.2 Å². The second-order valence-electron chi connectivity index (χ2n) is 3.78. The summed E-state index contributed by atoms with van der Waals surface area (Å²) in [5.41, 5.74) is 3.55. The van der Waals surface area contributed by atoms with Gasteiger partial charge in [-0.05, 0) is 25.5 Å². The smallest absolute Gasteiger partial charge is 0.0863 e. The van der Waals surface area contributed by atoms with E-state index in [9.17, 15) is 0 Å². The summed E-state index contributed by atoms with van der Waals surface area (Å²) in [6, 6.07) is 8.77. The molecule has 0 bridgehead atoms. The van der Waals surface area contributed by atoms with Gasteiger partial charge in [-0.25, -0.2) is 0 Å². The summed E-state index contributed by atoms with van der Waals surface area (Å²) < 4.78 is 0. The molecule has 1 heterocycles.